The van der Waals surface area contributed by atoms with Gasteiger partial charge in [0.25, 0.3) is 5.91 Å². The Bertz CT molecular complexity index is 1320. The maximum atomic E-state index is 13.1. The van der Waals surface area contributed by atoms with Crippen LogP contribution in [0, 0.1) is 6.92 Å². The smallest absolute Gasteiger partial charge is 0.335 e. The number of amides is 1. The van der Waals surface area contributed by atoms with E-state index in [0.29, 0.717) is 33.0 Å². The van der Waals surface area contributed by atoms with Crippen molar-refractivity contribution in [2.24, 2.45) is 0 Å². The molecule has 172 valence electrons. The molecule has 8 heteroatoms. The van der Waals surface area contributed by atoms with Crippen molar-refractivity contribution < 1.29 is 24.2 Å². The number of aryl methyl sites for hydroxylation is 1. The number of methoxy groups -OCH3 is 1. The molecule has 0 aromatic heterocycles. The Balaban J connectivity index is 1.55. The van der Waals surface area contributed by atoms with Crippen molar-refractivity contribution in [1.29, 1.82) is 0 Å². The van der Waals surface area contributed by atoms with Gasteiger partial charge in [-0.3, -0.25) is 9.69 Å². The number of nitrogens with zero attached hydrogens (tertiary/aromatic N) is 1. The van der Waals surface area contributed by atoms with Gasteiger partial charge < -0.3 is 14.6 Å². The van der Waals surface area contributed by atoms with Crippen LogP contribution in [0.3, 0.4) is 0 Å². The molecule has 6 nitrogen and oxygen atoms in total. The quantitative estimate of drug-likeness (QED) is 0.336. The minimum Gasteiger partial charge on any atom is -0.493 e. The zero-order chi connectivity index (χ0) is 24.2. The number of carboxylic acids is 1. The Morgan fingerprint density at radius 1 is 1.09 bits per heavy atom. The first-order valence-corrected chi connectivity index (χ1v) is 11.6. The number of aromatic carboxylic acids is 1. The average molecular weight is 492 g/mol. The lowest BCUT2D eigenvalue weighted by Gasteiger charge is -2.15. The highest BCUT2D eigenvalue weighted by molar-refractivity contribution is 8.27. The molecule has 4 rings (SSSR count). The normalized spacial score (nSPS) is 14.5. The van der Waals surface area contributed by atoms with Crippen molar-refractivity contribution in [3.05, 3.63) is 93.9 Å². The monoisotopic (exact) mass is 491 g/mol. The number of carbonyl (C=O) groups excluding carboxylic acids is 1. The number of hydrogen-bond donors (Lipinski definition) is 1. The second-order valence-electron chi connectivity index (χ2n) is 7.50. The summed E-state index contributed by atoms with van der Waals surface area (Å²) in [7, 11) is 1.56. The first kappa shape index (κ1) is 23.5. The highest BCUT2D eigenvalue weighted by atomic mass is 32.2. The molecule has 3 aromatic carbocycles. The van der Waals surface area contributed by atoms with E-state index >= 15 is 0 Å². The van der Waals surface area contributed by atoms with Crippen LogP contribution in [0.25, 0.3) is 6.08 Å². The van der Waals surface area contributed by atoms with Crippen LogP contribution >= 0.6 is 24.0 Å². The number of thioether (sulfide) groups is 1. The van der Waals surface area contributed by atoms with E-state index in [1.54, 1.807) is 37.5 Å². The fraction of sp³-hybridized carbons (Fsp3) is 0.115. The molecule has 0 aliphatic carbocycles. The molecule has 0 bridgehead atoms. The average Bonchev–Trinajstić information content (AvgIpc) is 3.11. The standard InChI is InChI=1S/C26H21NO5S2/c1-16-6-3-4-7-19(16)15-32-21-11-10-17(12-22(21)31-2)13-23-24(28)27(26(33)34-23)20-9-5-8-18(14-20)25(29)30/h3-14H,15H2,1-2H3,(H,29,30). The molecule has 0 atom stereocenters. The number of carbonyl (C=O) groups is 2. The van der Waals surface area contributed by atoms with Crippen LogP contribution < -0.4 is 14.4 Å². The number of thiocarbonyl (C=S) groups is 1. The van der Waals surface area contributed by atoms with Crippen molar-refractivity contribution in [2.45, 2.75) is 13.5 Å². The summed E-state index contributed by atoms with van der Waals surface area (Å²) >= 11 is 6.56. The Hall–Kier alpha value is -3.62. The van der Waals surface area contributed by atoms with E-state index in [2.05, 4.69) is 0 Å². The van der Waals surface area contributed by atoms with Gasteiger partial charge in [0.2, 0.25) is 0 Å². The Morgan fingerprint density at radius 3 is 2.62 bits per heavy atom. The van der Waals surface area contributed by atoms with E-state index in [-0.39, 0.29) is 11.5 Å². The summed E-state index contributed by atoms with van der Waals surface area (Å²) in [4.78, 5) is 26.1. The van der Waals surface area contributed by atoms with Crippen molar-refractivity contribution >= 4 is 51.9 Å². The third kappa shape index (κ3) is 4.98. The van der Waals surface area contributed by atoms with E-state index in [1.807, 2.05) is 37.3 Å². The molecule has 1 aliphatic heterocycles. The van der Waals surface area contributed by atoms with Crippen LogP contribution in [0.4, 0.5) is 5.69 Å². The lowest BCUT2D eigenvalue weighted by atomic mass is 10.1. The molecule has 1 heterocycles. The van der Waals surface area contributed by atoms with Crippen molar-refractivity contribution in [3.8, 4) is 11.5 Å². The van der Waals surface area contributed by atoms with Gasteiger partial charge >= 0.3 is 5.97 Å². The lowest BCUT2D eigenvalue weighted by molar-refractivity contribution is -0.113. The second-order valence-corrected chi connectivity index (χ2v) is 9.17. The fourth-order valence-corrected chi connectivity index (χ4v) is 4.74. The minimum atomic E-state index is -1.07. The predicted molar refractivity (Wildman–Crippen MR) is 138 cm³/mol. The molecule has 0 radical (unpaired) electrons. The van der Waals surface area contributed by atoms with E-state index in [4.69, 9.17) is 21.7 Å². The number of benzene rings is 3. The van der Waals surface area contributed by atoms with Crippen molar-refractivity contribution in [3.63, 3.8) is 0 Å². The third-order valence-corrected chi connectivity index (χ3v) is 6.58. The van der Waals surface area contributed by atoms with Gasteiger partial charge in [-0.15, -0.1) is 0 Å². The van der Waals surface area contributed by atoms with Gasteiger partial charge in [0.15, 0.2) is 15.8 Å². The van der Waals surface area contributed by atoms with Crippen molar-refractivity contribution in [1.82, 2.24) is 0 Å². The zero-order valence-corrected chi connectivity index (χ0v) is 20.1. The topological polar surface area (TPSA) is 76.1 Å². The van der Waals surface area contributed by atoms with Gasteiger partial charge in [-0.1, -0.05) is 60.4 Å². The van der Waals surface area contributed by atoms with Crippen LogP contribution in [0.2, 0.25) is 0 Å². The number of rotatable bonds is 7. The molecular weight excluding hydrogens is 470 g/mol. The van der Waals surface area contributed by atoms with Crippen LogP contribution in [-0.4, -0.2) is 28.4 Å². The zero-order valence-electron chi connectivity index (χ0n) is 18.5. The summed E-state index contributed by atoms with van der Waals surface area (Å²) < 4.78 is 11.8. The number of ether oxygens (including phenoxy) is 2. The number of hydrogen-bond acceptors (Lipinski definition) is 6. The molecule has 0 spiro atoms. The molecule has 1 N–H and O–H groups in total. The summed E-state index contributed by atoms with van der Waals surface area (Å²) in [5.41, 5.74) is 3.49. The molecular formula is C26H21NO5S2. The summed E-state index contributed by atoms with van der Waals surface area (Å²) in [5.74, 6) is -0.232. The predicted octanol–water partition coefficient (Wildman–Crippen LogP) is 5.69. The molecule has 1 aliphatic rings. The van der Waals surface area contributed by atoms with Gasteiger partial charge in [0.1, 0.15) is 6.61 Å². The van der Waals surface area contributed by atoms with Gasteiger partial charge in [0.05, 0.1) is 23.3 Å². The second kappa shape index (κ2) is 10.1. The maximum Gasteiger partial charge on any atom is 0.335 e. The van der Waals surface area contributed by atoms with E-state index < -0.39 is 5.97 Å². The molecule has 1 amide bonds. The highest BCUT2D eigenvalue weighted by Gasteiger charge is 2.33. The summed E-state index contributed by atoms with van der Waals surface area (Å²) in [5, 5.41) is 9.24. The van der Waals surface area contributed by atoms with Gasteiger partial charge in [-0.05, 0) is 60.0 Å². The van der Waals surface area contributed by atoms with Crippen LogP contribution in [0.1, 0.15) is 27.0 Å². The van der Waals surface area contributed by atoms with Crippen LogP contribution in [0.5, 0.6) is 11.5 Å². The minimum absolute atomic E-state index is 0.0848. The van der Waals surface area contributed by atoms with Gasteiger partial charge in [-0.2, -0.15) is 0 Å². The first-order chi connectivity index (χ1) is 16.4. The summed E-state index contributed by atoms with van der Waals surface area (Å²) in [6.45, 7) is 2.45. The van der Waals surface area contributed by atoms with E-state index in [9.17, 15) is 14.7 Å². The molecule has 34 heavy (non-hydrogen) atoms. The largest absolute Gasteiger partial charge is 0.493 e. The van der Waals surface area contributed by atoms with Crippen molar-refractivity contribution in [2.75, 3.05) is 12.0 Å². The lowest BCUT2D eigenvalue weighted by Crippen LogP contribution is -2.27. The molecule has 3 aromatic rings. The Kier molecular flexibility index (Phi) is 7.00. The molecule has 1 saturated heterocycles. The fourth-order valence-electron chi connectivity index (χ4n) is 3.44. The van der Waals surface area contributed by atoms with Crippen LogP contribution in [-0.2, 0) is 11.4 Å². The number of carboxylic acid groups (broad SMARTS) is 1. The summed E-state index contributed by atoms with van der Waals surface area (Å²) in [6, 6.07) is 19.6. The molecule has 0 unspecified atom stereocenters. The third-order valence-electron chi connectivity index (χ3n) is 5.27. The maximum absolute atomic E-state index is 13.1. The first-order valence-electron chi connectivity index (χ1n) is 10.3. The molecule has 0 saturated carbocycles. The number of anilines is 1. The Labute approximate surface area is 206 Å². The van der Waals surface area contributed by atoms with Crippen LogP contribution in [0.15, 0.2) is 71.6 Å². The van der Waals surface area contributed by atoms with E-state index in [1.165, 1.54) is 17.0 Å². The SMILES string of the molecule is COc1cc(C=C2SC(=S)N(c3cccc(C(=O)O)c3)C2=O)ccc1OCc1ccccc1C. The van der Waals surface area contributed by atoms with E-state index in [0.717, 1.165) is 28.5 Å². The van der Waals surface area contributed by atoms with Gasteiger partial charge in [-0.25, -0.2) is 4.79 Å². The summed E-state index contributed by atoms with van der Waals surface area (Å²) in [6.07, 6.45) is 1.73. The highest BCUT2D eigenvalue weighted by Crippen LogP contribution is 2.37. The Morgan fingerprint density at radius 2 is 1.88 bits per heavy atom. The van der Waals surface area contributed by atoms with Gasteiger partial charge in [0, 0.05) is 0 Å². The molecule has 1 fully saturated rings.